The minimum absolute atomic E-state index is 0.0871. The van der Waals surface area contributed by atoms with E-state index in [0.29, 0.717) is 7.05 Å². The maximum absolute atomic E-state index is 13.2. The zero-order chi connectivity index (χ0) is 18.7. The van der Waals surface area contributed by atoms with E-state index in [1.165, 1.54) is 20.8 Å². The van der Waals surface area contributed by atoms with Crippen molar-refractivity contribution in [3.05, 3.63) is 0 Å². The molecule has 8 nitrogen and oxygen atoms in total. The average Bonchev–Trinajstić information content (AvgIpc) is 2.29. The molecule has 3 N–H and O–H groups in total. The zero-order valence-corrected chi connectivity index (χ0v) is 12.8. The van der Waals surface area contributed by atoms with Gasteiger partial charge in [0.25, 0.3) is 0 Å². The van der Waals surface area contributed by atoms with Crippen LogP contribution in [0.25, 0.3) is 0 Å². The highest BCUT2D eigenvalue weighted by Gasteiger charge is 2.56. The van der Waals surface area contributed by atoms with E-state index in [-0.39, 0.29) is 4.90 Å². The molecule has 11 heteroatoms. The Balaban J connectivity index is 5.80. The number of aliphatic hydroxyl groups excluding tert-OH is 1. The predicted octanol–water partition coefficient (Wildman–Crippen LogP) is 0.931. The molecule has 0 aromatic carbocycles. The van der Waals surface area contributed by atoms with Crippen LogP contribution in [0, 0.1) is 5.92 Å². The number of hydrogen-bond donors (Lipinski definition) is 3. The van der Waals surface area contributed by atoms with Gasteiger partial charge in [-0.3, -0.25) is 9.69 Å². The highest BCUT2D eigenvalue weighted by atomic mass is 19.4. The van der Waals surface area contributed by atoms with E-state index in [0.717, 1.165) is 0 Å². The van der Waals surface area contributed by atoms with Crippen LogP contribution in [-0.2, 0) is 14.3 Å². The van der Waals surface area contributed by atoms with Gasteiger partial charge >= 0.3 is 24.2 Å². The molecule has 1 amide bonds. The standard InChI is InChI=1S/C12H18F3NO7/c1-11(2,3)23-10(22)16(4)7(12(13,14)15)5(8(18)19)6(17)9(20)21/h5-7,17H,1-4H3,(H,18,19)(H,20,21). The van der Waals surface area contributed by atoms with E-state index in [4.69, 9.17) is 14.9 Å². The summed E-state index contributed by atoms with van der Waals surface area (Å²) in [6.45, 7) is 4.13. The Morgan fingerprint density at radius 1 is 1.04 bits per heavy atom. The van der Waals surface area contributed by atoms with Gasteiger partial charge in [-0.15, -0.1) is 0 Å². The van der Waals surface area contributed by atoms with Crippen molar-refractivity contribution in [1.82, 2.24) is 4.90 Å². The topological polar surface area (TPSA) is 124 Å². The fourth-order valence-electron chi connectivity index (χ4n) is 1.71. The molecule has 3 atom stereocenters. The van der Waals surface area contributed by atoms with Crippen LogP contribution in [0.1, 0.15) is 20.8 Å². The van der Waals surface area contributed by atoms with Gasteiger partial charge in [0.1, 0.15) is 17.6 Å². The Hall–Kier alpha value is -2.04. The Morgan fingerprint density at radius 3 is 1.74 bits per heavy atom. The van der Waals surface area contributed by atoms with Gasteiger partial charge in [-0.1, -0.05) is 0 Å². The molecule has 0 bridgehead atoms. The third-order valence-electron chi connectivity index (χ3n) is 2.65. The van der Waals surface area contributed by atoms with Crippen LogP contribution >= 0.6 is 0 Å². The number of carboxylic acid groups (broad SMARTS) is 2. The SMILES string of the molecule is CN(C(=O)OC(C)(C)C)C(C(C(=O)O)C(O)C(=O)O)C(F)(F)F. The smallest absolute Gasteiger partial charge is 0.410 e. The number of aliphatic carboxylic acids is 2. The highest BCUT2D eigenvalue weighted by Crippen LogP contribution is 2.32. The summed E-state index contributed by atoms with van der Waals surface area (Å²) in [7, 11) is 0.608. The lowest BCUT2D eigenvalue weighted by Crippen LogP contribution is -2.58. The molecule has 0 heterocycles. The summed E-state index contributed by atoms with van der Waals surface area (Å²) in [5.74, 6) is -7.22. The molecule has 0 aromatic heterocycles. The van der Waals surface area contributed by atoms with Crippen LogP contribution in [0.2, 0.25) is 0 Å². The number of carbonyl (C=O) groups is 3. The summed E-state index contributed by atoms with van der Waals surface area (Å²) in [5, 5.41) is 26.8. The first-order valence-corrected chi connectivity index (χ1v) is 6.25. The van der Waals surface area contributed by atoms with Crippen LogP contribution in [0.15, 0.2) is 0 Å². The lowest BCUT2D eigenvalue weighted by molar-refractivity contribution is -0.209. The molecule has 0 saturated carbocycles. The van der Waals surface area contributed by atoms with Crippen LogP contribution < -0.4 is 0 Å². The van der Waals surface area contributed by atoms with E-state index in [1.54, 1.807) is 0 Å². The predicted molar refractivity (Wildman–Crippen MR) is 68.6 cm³/mol. The Morgan fingerprint density at radius 2 is 1.48 bits per heavy atom. The molecule has 0 aliphatic rings. The number of halogens is 3. The summed E-state index contributed by atoms with van der Waals surface area (Å²) in [6.07, 6.45) is -9.70. The van der Waals surface area contributed by atoms with Crippen molar-refractivity contribution in [3.8, 4) is 0 Å². The van der Waals surface area contributed by atoms with Gasteiger partial charge in [0, 0.05) is 7.05 Å². The van der Waals surface area contributed by atoms with Crippen molar-refractivity contribution in [2.24, 2.45) is 5.92 Å². The van der Waals surface area contributed by atoms with Crippen molar-refractivity contribution in [2.75, 3.05) is 7.05 Å². The van der Waals surface area contributed by atoms with Crippen molar-refractivity contribution in [2.45, 2.75) is 44.7 Å². The molecule has 0 aromatic rings. The van der Waals surface area contributed by atoms with Gasteiger partial charge in [0.2, 0.25) is 0 Å². The number of amides is 1. The first-order valence-electron chi connectivity index (χ1n) is 6.25. The number of nitrogens with zero attached hydrogens (tertiary/aromatic N) is 1. The first-order chi connectivity index (χ1) is 10.1. The maximum atomic E-state index is 13.2. The van der Waals surface area contributed by atoms with Crippen molar-refractivity contribution >= 4 is 18.0 Å². The van der Waals surface area contributed by atoms with Crippen molar-refractivity contribution < 1.29 is 47.6 Å². The molecule has 0 radical (unpaired) electrons. The molecule has 0 aliphatic heterocycles. The second-order valence-corrected chi connectivity index (χ2v) is 5.72. The first kappa shape index (κ1) is 21.0. The molecule has 23 heavy (non-hydrogen) atoms. The lowest BCUT2D eigenvalue weighted by Gasteiger charge is -2.35. The number of ether oxygens (including phenoxy) is 1. The minimum atomic E-state index is -5.31. The van der Waals surface area contributed by atoms with Gasteiger partial charge in [-0.05, 0) is 20.8 Å². The highest BCUT2D eigenvalue weighted by molar-refractivity contribution is 5.83. The average molecular weight is 345 g/mol. The second-order valence-electron chi connectivity index (χ2n) is 5.72. The third-order valence-corrected chi connectivity index (χ3v) is 2.65. The van der Waals surface area contributed by atoms with E-state index < -0.39 is 47.9 Å². The van der Waals surface area contributed by atoms with Crippen LogP contribution in [0.4, 0.5) is 18.0 Å². The summed E-state index contributed by atoms with van der Waals surface area (Å²) < 4.78 is 44.3. The van der Waals surface area contributed by atoms with Crippen molar-refractivity contribution in [3.63, 3.8) is 0 Å². The lowest BCUT2D eigenvalue weighted by atomic mass is 9.92. The summed E-state index contributed by atoms with van der Waals surface area (Å²) in [5.41, 5.74) is -1.16. The number of carboxylic acids is 2. The zero-order valence-electron chi connectivity index (χ0n) is 12.8. The quantitative estimate of drug-likeness (QED) is 0.677. The fourth-order valence-corrected chi connectivity index (χ4v) is 1.71. The molecular formula is C12H18F3NO7. The van der Waals surface area contributed by atoms with E-state index in [1.807, 2.05) is 0 Å². The maximum Gasteiger partial charge on any atom is 0.410 e. The van der Waals surface area contributed by atoms with Gasteiger partial charge in [0.05, 0.1) is 0 Å². The molecule has 0 fully saturated rings. The van der Waals surface area contributed by atoms with E-state index in [2.05, 4.69) is 0 Å². The van der Waals surface area contributed by atoms with Gasteiger partial charge in [-0.2, -0.15) is 13.2 Å². The molecular weight excluding hydrogens is 327 g/mol. The Bertz CT molecular complexity index is 472. The fraction of sp³-hybridized carbons (Fsp3) is 0.750. The third kappa shape index (κ3) is 5.93. The number of aliphatic hydroxyl groups is 1. The molecule has 0 spiro atoms. The summed E-state index contributed by atoms with van der Waals surface area (Å²) >= 11 is 0. The summed E-state index contributed by atoms with van der Waals surface area (Å²) in [4.78, 5) is 33.4. The van der Waals surface area contributed by atoms with Gasteiger partial charge in [-0.25, -0.2) is 9.59 Å². The van der Waals surface area contributed by atoms with Gasteiger partial charge in [0.15, 0.2) is 6.10 Å². The number of rotatable bonds is 5. The van der Waals surface area contributed by atoms with E-state index >= 15 is 0 Å². The van der Waals surface area contributed by atoms with Crippen LogP contribution in [-0.4, -0.2) is 69.2 Å². The molecule has 134 valence electrons. The van der Waals surface area contributed by atoms with E-state index in [9.17, 15) is 32.7 Å². The molecule has 0 saturated heterocycles. The normalized spacial score (nSPS) is 16.2. The second kappa shape index (κ2) is 7.02. The van der Waals surface area contributed by atoms with Crippen molar-refractivity contribution in [1.29, 1.82) is 0 Å². The minimum Gasteiger partial charge on any atom is -0.481 e. The molecule has 0 rings (SSSR count). The largest absolute Gasteiger partial charge is 0.481 e. The molecule has 0 aliphatic carbocycles. The van der Waals surface area contributed by atoms with Gasteiger partial charge < -0.3 is 20.1 Å². The number of alkyl halides is 3. The number of hydrogen-bond acceptors (Lipinski definition) is 5. The van der Waals surface area contributed by atoms with Crippen LogP contribution in [0.5, 0.6) is 0 Å². The Labute approximate surface area is 129 Å². The Kier molecular flexibility index (Phi) is 6.40. The molecule has 3 unspecified atom stereocenters. The summed E-state index contributed by atoms with van der Waals surface area (Å²) in [6, 6.07) is -3.10. The van der Waals surface area contributed by atoms with Crippen LogP contribution in [0.3, 0.4) is 0 Å². The number of carbonyl (C=O) groups excluding carboxylic acids is 1. The monoisotopic (exact) mass is 345 g/mol.